The predicted octanol–water partition coefficient (Wildman–Crippen LogP) is 5.64. The summed E-state index contributed by atoms with van der Waals surface area (Å²) in [6.07, 6.45) is -3.12. The van der Waals surface area contributed by atoms with Crippen molar-refractivity contribution in [2.75, 3.05) is 13.2 Å². The highest BCUT2D eigenvalue weighted by Crippen LogP contribution is 2.31. The van der Waals surface area contributed by atoms with Crippen LogP contribution in [0.4, 0.5) is 4.39 Å². The van der Waals surface area contributed by atoms with Crippen molar-refractivity contribution in [2.24, 2.45) is 0 Å². The first-order valence-electron chi connectivity index (χ1n) is 12.2. The molecular weight excluding hydrogens is 459 g/mol. The van der Waals surface area contributed by atoms with Gasteiger partial charge in [0.05, 0.1) is 33.0 Å². The molecule has 4 rings (SSSR count). The fourth-order valence-electron chi connectivity index (χ4n) is 4.15. The highest BCUT2D eigenvalue weighted by atomic mass is 19.1. The first kappa shape index (κ1) is 26.2. The van der Waals surface area contributed by atoms with Gasteiger partial charge < -0.3 is 23.7 Å². The molecule has 0 aromatic heterocycles. The Hall–Kier alpha value is -2.87. The largest absolute Gasteiger partial charge is 0.374 e. The van der Waals surface area contributed by atoms with Gasteiger partial charge in [-0.25, -0.2) is 4.39 Å². The fourth-order valence-corrected chi connectivity index (χ4v) is 4.15. The van der Waals surface area contributed by atoms with Crippen LogP contribution in [0.5, 0.6) is 0 Å². The molecule has 190 valence electrons. The zero-order valence-electron chi connectivity index (χ0n) is 20.3. The van der Waals surface area contributed by atoms with Gasteiger partial charge >= 0.3 is 0 Å². The molecule has 3 aromatic rings. The van der Waals surface area contributed by atoms with Crippen molar-refractivity contribution >= 4 is 0 Å². The Kier molecular flexibility index (Phi) is 10.2. The van der Waals surface area contributed by atoms with E-state index in [2.05, 4.69) is 6.58 Å². The standard InChI is InChI=1S/C30H33FO5/c1-2-18-33-29-28(35-21-25-16-10-5-11-17-25)27(34-20-24-14-8-4-9-15-24)26(36-30(29)31)22-32-19-23-12-6-3-7-13-23/h2-17,26-30H,1,18-22H2/t26-,27-,28+,29+,30+/m1/s1. The van der Waals surface area contributed by atoms with Gasteiger partial charge in [-0.2, -0.15) is 0 Å². The van der Waals surface area contributed by atoms with E-state index in [1.807, 2.05) is 91.0 Å². The molecule has 0 aliphatic carbocycles. The quantitative estimate of drug-likeness (QED) is 0.289. The van der Waals surface area contributed by atoms with Crippen molar-refractivity contribution in [1.29, 1.82) is 0 Å². The van der Waals surface area contributed by atoms with Crippen LogP contribution in [-0.2, 0) is 43.5 Å². The molecule has 0 N–H and O–H groups in total. The van der Waals surface area contributed by atoms with Crippen LogP contribution >= 0.6 is 0 Å². The molecule has 1 fully saturated rings. The van der Waals surface area contributed by atoms with Crippen LogP contribution < -0.4 is 0 Å². The van der Waals surface area contributed by atoms with Crippen LogP contribution in [0.2, 0.25) is 0 Å². The number of halogens is 1. The van der Waals surface area contributed by atoms with Crippen molar-refractivity contribution in [3.8, 4) is 0 Å². The predicted molar refractivity (Wildman–Crippen MR) is 136 cm³/mol. The average molecular weight is 493 g/mol. The molecule has 1 aliphatic rings. The van der Waals surface area contributed by atoms with Gasteiger partial charge in [0.15, 0.2) is 0 Å². The second-order valence-electron chi connectivity index (χ2n) is 8.64. The van der Waals surface area contributed by atoms with Gasteiger partial charge in [-0.3, -0.25) is 0 Å². The summed E-state index contributed by atoms with van der Waals surface area (Å²) in [5.74, 6) is 0. The summed E-state index contributed by atoms with van der Waals surface area (Å²) < 4.78 is 45.4. The first-order chi connectivity index (χ1) is 17.7. The third-order valence-corrected chi connectivity index (χ3v) is 5.95. The van der Waals surface area contributed by atoms with E-state index < -0.39 is 30.8 Å². The van der Waals surface area contributed by atoms with Gasteiger partial charge in [0, 0.05) is 0 Å². The van der Waals surface area contributed by atoms with Crippen molar-refractivity contribution in [3.63, 3.8) is 0 Å². The summed E-state index contributed by atoms with van der Waals surface area (Å²) in [5, 5.41) is 0. The third-order valence-electron chi connectivity index (χ3n) is 5.95. The maximum atomic E-state index is 15.3. The number of hydrogen-bond acceptors (Lipinski definition) is 5. The van der Waals surface area contributed by atoms with Crippen LogP contribution in [0.1, 0.15) is 16.7 Å². The molecule has 0 amide bonds. The number of rotatable bonds is 13. The number of ether oxygens (including phenoxy) is 5. The monoisotopic (exact) mass is 492 g/mol. The molecule has 0 spiro atoms. The molecule has 0 radical (unpaired) electrons. The lowest BCUT2D eigenvalue weighted by Crippen LogP contribution is -2.60. The zero-order valence-corrected chi connectivity index (χ0v) is 20.3. The van der Waals surface area contributed by atoms with E-state index in [1.54, 1.807) is 6.08 Å². The number of alkyl halides is 1. The van der Waals surface area contributed by atoms with Gasteiger partial charge in [0.2, 0.25) is 6.36 Å². The van der Waals surface area contributed by atoms with Crippen molar-refractivity contribution in [3.05, 3.63) is 120 Å². The average Bonchev–Trinajstić information content (AvgIpc) is 2.92. The molecule has 6 heteroatoms. The van der Waals surface area contributed by atoms with E-state index in [9.17, 15) is 0 Å². The van der Waals surface area contributed by atoms with Crippen LogP contribution in [0.25, 0.3) is 0 Å². The van der Waals surface area contributed by atoms with Crippen LogP contribution in [0.15, 0.2) is 104 Å². The molecule has 1 saturated heterocycles. The second kappa shape index (κ2) is 14.0. The van der Waals surface area contributed by atoms with Crippen LogP contribution in [0, 0.1) is 0 Å². The molecule has 1 aliphatic heterocycles. The van der Waals surface area contributed by atoms with Gasteiger partial charge in [0.25, 0.3) is 0 Å². The number of hydrogen-bond donors (Lipinski definition) is 0. The van der Waals surface area contributed by atoms with E-state index in [4.69, 9.17) is 23.7 Å². The zero-order chi connectivity index (χ0) is 25.0. The van der Waals surface area contributed by atoms with Crippen molar-refractivity contribution in [1.82, 2.24) is 0 Å². The van der Waals surface area contributed by atoms with E-state index >= 15 is 4.39 Å². The van der Waals surface area contributed by atoms with E-state index in [1.165, 1.54) is 0 Å². The molecule has 1 heterocycles. The van der Waals surface area contributed by atoms with Crippen molar-refractivity contribution in [2.45, 2.75) is 50.6 Å². The minimum Gasteiger partial charge on any atom is -0.374 e. The van der Waals surface area contributed by atoms with E-state index in [-0.39, 0.29) is 19.8 Å². The Bertz CT molecular complexity index is 1020. The summed E-state index contributed by atoms with van der Waals surface area (Å²) in [5.41, 5.74) is 2.99. The molecule has 0 saturated carbocycles. The normalized spacial score (nSPS) is 23.9. The molecule has 0 bridgehead atoms. The Balaban J connectivity index is 1.52. The molecule has 5 atom stereocenters. The van der Waals surface area contributed by atoms with Crippen LogP contribution in [0.3, 0.4) is 0 Å². The van der Waals surface area contributed by atoms with Gasteiger partial charge in [-0.15, -0.1) is 6.58 Å². The van der Waals surface area contributed by atoms with E-state index in [0.29, 0.717) is 13.2 Å². The fraction of sp³-hybridized carbons (Fsp3) is 0.333. The Morgan fingerprint density at radius 1 is 0.667 bits per heavy atom. The van der Waals surface area contributed by atoms with Gasteiger partial charge in [0.1, 0.15) is 24.4 Å². The van der Waals surface area contributed by atoms with Crippen molar-refractivity contribution < 1.29 is 28.1 Å². The van der Waals surface area contributed by atoms with E-state index in [0.717, 1.165) is 16.7 Å². The SMILES string of the molecule is C=CCO[C@H]1[C@@H](OCc2ccccc2)[C@H](OCc2ccccc2)[C@@H](COCc2ccccc2)O[C@@H]1F. The second-order valence-corrected chi connectivity index (χ2v) is 8.64. The highest BCUT2D eigenvalue weighted by Gasteiger charge is 2.48. The smallest absolute Gasteiger partial charge is 0.228 e. The molecule has 0 unspecified atom stereocenters. The van der Waals surface area contributed by atoms with Gasteiger partial charge in [-0.05, 0) is 16.7 Å². The summed E-state index contributed by atoms with van der Waals surface area (Å²) in [6.45, 7) is 4.99. The molecule has 5 nitrogen and oxygen atoms in total. The lowest BCUT2D eigenvalue weighted by atomic mass is 9.98. The number of benzene rings is 3. The maximum Gasteiger partial charge on any atom is 0.228 e. The molecular formula is C30H33FO5. The summed E-state index contributed by atoms with van der Waals surface area (Å²) >= 11 is 0. The Morgan fingerprint density at radius 3 is 1.69 bits per heavy atom. The summed E-state index contributed by atoms with van der Waals surface area (Å²) in [6, 6.07) is 29.4. The lowest BCUT2D eigenvalue weighted by molar-refractivity contribution is -0.295. The first-order valence-corrected chi connectivity index (χ1v) is 12.2. The minimum absolute atomic E-state index is 0.147. The summed E-state index contributed by atoms with van der Waals surface area (Å²) in [7, 11) is 0. The molecule has 36 heavy (non-hydrogen) atoms. The Morgan fingerprint density at radius 2 is 1.17 bits per heavy atom. The third kappa shape index (κ3) is 7.56. The minimum atomic E-state index is -1.70. The molecule has 3 aromatic carbocycles. The summed E-state index contributed by atoms with van der Waals surface area (Å²) in [4.78, 5) is 0. The van der Waals surface area contributed by atoms with Crippen LogP contribution in [-0.4, -0.2) is 44.0 Å². The topological polar surface area (TPSA) is 46.2 Å². The van der Waals surface area contributed by atoms with Gasteiger partial charge in [-0.1, -0.05) is 97.1 Å². The maximum absolute atomic E-state index is 15.3. The Labute approximate surface area is 212 Å². The highest BCUT2D eigenvalue weighted by molar-refractivity contribution is 5.15. The lowest BCUT2D eigenvalue weighted by Gasteiger charge is -2.43.